The predicted octanol–water partition coefficient (Wildman–Crippen LogP) is 0.268. The van der Waals surface area contributed by atoms with Crippen LogP contribution in [0.2, 0.25) is 0 Å². The molecule has 22 heavy (non-hydrogen) atoms. The van der Waals surface area contributed by atoms with Gasteiger partial charge in [-0.3, -0.25) is 9.69 Å². The third kappa shape index (κ3) is 4.25. The third-order valence-electron chi connectivity index (χ3n) is 3.57. The Kier molecular flexibility index (Phi) is 5.49. The summed E-state index contributed by atoms with van der Waals surface area (Å²) in [5.41, 5.74) is 0. The van der Waals surface area contributed by atoms with Crippen molar-refractivity contribution in [1.82, 2.24) is 14.5 Å². The van der Waals surface area contributed by atoms with E-state index in [-0.39, 0.29) is 10.8 Å². The maximum Gasteiger partial charge on any atom is 0.243 e. The average molecular weight is 329 g/mol. The highest BCUT2D eigenvalue weighted by Crippen LogP contribution is 2.18. The van der Waals surface area contributed by atoms with E-state index in [0.29, 0.717) is 39.3 Å². The first-order chi connectivity index (χ1) is 10.4. The Morgan fingerprint density at radius 2 is 1.95 bits per heavy atom. The molecule has 1 fully saturated rings. The molecule has 0 atom stereocenters. The van der Waals surface area contributed by atoms with Crippen LogP contribution < -0.4 is 5.32 Å². The lowest BCUT2D eigenvalue weighted by atomic mass is 10.3. The molecule has 122 valence electrons. The van der Waals surface area contributed by atoms with Crippen molar-refractivity contribution in [2.24, 2.45) is 0 Å². The number of benzene rings is 1. The fourth-order valence-corrected chi connectivity index (χ4v) is 3.81. The summed E-state index contributed by atoms with van der Waals surface area (Å²) in [4.78, 5) is 12.9. The topological polar surface area (TPSA) is 69.7 Å². The van der Waals surface area contributed by atoms with Crippen LogP contribution in [0.15, 0.2) is 29.2 Å². The zero-order valence-electron chi connectivity index (χ0n) is 12.5. The standard InChI is InChI=1S/C14H20FN3O3S/c1-12(19)16-5-6-17-7-9-18(10-8-17)22(20,21)14-4-2-3-13(15)11-14/h2-4,11H,5-10H2,1H3,(H,16,19). The van der Waals surface area contributed by atoms with E-state index in [1.165, 1.54) is 29.4 Å². The number of carbonyl (C=O) groups is 1. The summed E-state index contributed by atoms with van der Waals surface area (Å²) in [6, 6.07) is 5.06. The Balaban J connectivity index is 1.92. The summed E-state index contributed by atoms with van der Waals surface area (Å²) >= 11 is 0. The number of nitrogens with one attached hydrogen (secondary N) is 1. The molecule has 0 saturated carbocycles. The summed E-state index contributed by atoms with van der Waals surface area (Å²) < 4.78 is 39.4. The zero-order valence-corrected chi connectivity index (χ0v) is 13.3. The van der Waals surface area contributed by atoms with Gasteiger partial charge >= 0.3 is 0 Å². The summed E-state index contributed by atoms with van der Waals surface area (Å²) in [6.07, 6.45) is 0. The fourth-order valence-electron chi connectivity index (χ4n) is 2.36. The van der Waals surface area contributed by atoms with Crippen LogP contribution in [0.5, 0.6) is 0 Å². The lowest BCUT2D eigenvalue weighted by Crippen LogP contribution is -2.50. The summed E-state index contributed by atoms with van der Waals surface area (Å²) in [7, 11) is -3.64. The SMILES string of the molecule is CC(=O)NCCN1CCN(S(=O)(=O)c2cccc(F)c2)CC1. The largest absolute Gasteiger partial charge is 0.355 e. The minimum Gasteiger partial charge on any atom is -0.355 e. The molecule has 0 bridgehead atoms. The Bertz CT molecular complexity index is 628. The molecule has 1 heterocycles. The molecule has 1 aromatic carbocycles. The van der Waals surface area contributed by atoms with Crippen molar-refractivity contribution in [2.75, 3.05) is 39.3 Å². The van der Waals surface area contributed by atoms with Gasteiger partial charge in [0, 0.05) is 46.2 Å². The Morgan fingerprint density at radius 1 is 1.27 bits per heavy atom. The van der Waals surface area contributed by atoms with Gasteiger partial charge in [0.2, 0.25) is 15.9 Å². The van der Waals surface area contributed by atoms with Gasteiger partial charge in [0.15, 0.2) is 0 Å². The van der Waals surface area contributed by atoms with Gasteiger partial charge in [-0.1, -0.05) is 6.07 Å². The van der Waals surface area contributed by atoms with Crippen LogP contribution in [-0.4, -0.2) is 62.8 Å². The summed E-state index contributed by atoms with van der Waals surface area (Å²) in [6.45, 7) is 4.60. The fraction of sp³-hybridized carbons (Fsp3) is 0.500. The van der Waals surface area contributed by atoms with Crippen LogP contribution in [0.4, 0.5) is 4.39 Å². The normalized spacial score (nSPS) is 17.4. The first kappa shape index (κ1) is 16.9. The number of hydrogen-bond acceptors (Lipinski definition) is 4. The van der Waals surface area contributed by atoms with E-state index in [1.54, 1.807) is 0 Å². The van der Waals surface area contributed by atoms with Gasteiger partial charge < -0.3 is 5.32 Å². The van der Waals surface area contributed by atoms with Crippen molar-refractivity contribution in [3.8, 4) is 0 Å². The maximum atomic E-state index is 13.2. The van der Waals surface area contributed by atoms with Crippen LogP contribution in [0, 0.1) is 5.82 Å². The third-order valence-corrected chi connectivity index (χ3v) is 5.46. The Labute approximate surface area is 130 Å². The molecular weight excluding hydrogens is 309 g/mol. The van der Waals surface area contributed by atoms with E-state index in [4.69, 9.17) is 0 Å². The van der Waals surface area contributed by atoms with Gasteiger partial charge in [-0.15, -0.1) is 0 Å². The van der Waals surface area contributed by atoms with E-state index in [9.17, 15) is 17.6 Å². The lowest BCUT2D eigenvalue weighted by Gasteiger charge is -2.33. The lowest BCUT2D eigenvalue weighted by molar-refractivity contribution is -0.119. The van der Waals surface area contributed by atoms with E-state index < -0.39 is 15.8 Å². The van der Waals surface area contributed by atoms with Gasteiger partial charge in [0.05, 0.1) is 4.90 Å². The minimum absolute atomic E-state index is 0.0146. The van der Waals surface area contributed by atoms with Crippen LogP contribution in [-0.2, 0) is 14.8 Å². The summed E-state index contributed by atoms with van der Waals surface area (Å²) in [5, 5.41) is 2.71. The molecule has 1 saturated heterocycles. The number of carbonyl (C=O) groups excluding carboxylic acids is 1. The second kappa shape index (κ2) is 7.17. The van der Waals surface area contributed by atoms with Gasteiger partial charge in [0.1, 0.15) is 5.82 Å². The van der Waals surface area contributed by atoms with Crippen LogP contribution in [0.25, 0.3) is 0 Å². The van der Waals surface area contributed by atoms with Gasteiger partial charge in [-0.05, 0) is 18.2 Å². The minimum atomic E-state index is -3.64. The molecule has 2 rings (SSSR count). The number of piperazine rings is 1. The van der Waals surface area contributed by atoms with Crippen LogP contribution in [0.1, 0.15) is 6.92 Å². The molecule has 0 aliphatic carbocycles. The number of amides is 1. The number of nitrogens with zero attached hydrogens (tertiary/aromatic N) is 2. The molecule has 1 aliphatic rings. The van der Waals surface area contributed by atoms with Crippen molar-refractivity contribution in [2.45, 2.75) is 11.8 Å². The van der Waals surface area contributed by atoms with Crippen LogP contribution in [0.3, 0.4) is 0 Å². The molecule has 1 aliphatic heterocycles. The average Bonchev–Trinajstić information content (AvgIpc) is 2.47. The molecule has 1 amide bonds. The number of halogens is 1. The second-order valence-electron chi connectivity index (χ2n) is 5.19. The highest BCUT2D eigenvalue weighted by atomic mass is 32.2. The Morgan fingerprint density at radius 3 is 2.55 bits per heavy atom. The highest BCUT2D eigenvalue weighted by molar-refractivity contribution is 7.89. The van der Waals surface area contributed by atoms with E-state index in [2.05, 4.69) is 10.2 Å². The smallest absolute Gasteiger partial charge is 0.243 e. The van der Waals surface area contributed by atoms with E-state index in [1.807, 2.05) is 0 Å². The first-order valence-corrected chi connectivity index (χ1v) is 8.56. The Hall–Kier alpha value is -1.51. The molecular formula is C14H20FN3O3S. The van der Waals surface area contributed by atoms with Crippen molar-refractivity contribution >= 4 is 15.9 Å². The molecule has 0 unspecified atom stereocenters. The van der Waals surface area contributed by atoms with Crippen LogP contribution >= 0.6 is 0 Å². The summed E-state index contributed by atoms with van der Waals surface area (Å²) in [5.74, 6) is -0.637. The van der Waals surface area contributed by atoms with Gasteiger partial charge in [-0.25, -0.2) is 12.8 Å². The van der Waals surface area contributed by atoms with Gasteiger partial charge in [0.25, 0.3) is 0 Å². The number of hydrogen-bond donors (Lipinski definition) is 1. The van der Waals surface area contributed by atoms with Crippen molar-refractivity contribution in [3.05, 3.63) is 30.1 Å². The number of rotatable bonds is 5. The molecule has 6 nitrogen and oxygen atoms in total. The van der Waals surface area contributed by atoms with Crippen molar-refractivity contribution < 1.29 is 17.6 Å². The molecule has 0 radical (unpaired) electrons. The van der Waals surface area contributed by atoms with E-state index >= 15 is 0 Å². The van der Waals surface area contributed by atoms with Crippen molar-refractivity contribution in [1.29, 1.82) is 0 Å². The quantitative estimate of drug-likeness (QED) is 0.842. The number of sulfonamides is 1. The molecule has 8 heteroatoms. The molecule has 1 aromatic rings. The molecule has 1 N–H and O–H groups in total. The maximum absolute atomic E-state index is 13.2. The first-order valence-electron chi connectivity index (χ1n) is 7.12. The molecule has 0 aromatic heterocycles. The monoisotopic (exact) mass is 329 g/mol. The second-order valence-corrected chi connectivity index (χ2v) is 7.12. The van der Waals surface area contributed by atoms with Gasteiger partial charge in [-0.2, -0.15) is 4.31 Å². The molecule has 0 spiro atoms. The highest BCUT2D eigenvalue weighted by Gasteiger charge is 2.28. The zero-order chi connectivity index (χ0) is 16.2. The van der Waals surface area contributed by atoms with Crippen molar-refractivity contribution in [3.63, 3.8) is 0 Å². The van der Waals surface area contributed by atoms with E-state index in [0.717, 1.165) is 6.07 Å². The predicted molar refractivity (Wildman–Crippen MR) is 80.3 cm³/mol.